The minimum absolute atomic E-state index is 0.263. The molecular weight excluding hydrogens is 362 g/mol. The Hall–Kier alpha value is -2.75. The molecule has 29 heavy (non-hydrogen) atoms. The third-order valence-electron chi connectivity index (χ3n) is 6.11. The van der Waals surface area contributed by atoms with Gasteiger partial charge in [0.15, 0.2) is 5.78 Å². The van der Waals surface area contributed by atoms with Gasteiger partial charge in [0, 0.05) is 29.9 Å². The van der Waals surface area contributed by atoms with Crippen LogP contribution in [0, 0.1) is 11.3 Å². The van der Waals surface area contributed by atoms with E-state index in [0.717, 1.165) is 47.8 Å². The molecule has 1 aliphatic carbocycles. The zero-order chi connectivity index (χ0) is 20.9. The summed E-state index contributed by atoms with van der Waals surface area (Å²) in [4.78, 5) is 12.3. The summed E-state index contributed by atoms with van der Waals surface area (Å²) in [6.45, 7) is 6.84. The van der Waals surface area contributed by atoms with Crippen molar-refractivity contribution in [3.8, 4) is 17.2 Å². The van der Waals surface area contributed by atoms with Crippen molar-refractivity contribution in [3.05, 3.63) is 60.3 Å². The minimum Gasteiger partial charge on any atom is -0.497 e. The van der Waals surface area contributed by atoms with Crippen LogP contribution in [-0.4, -0.2) is 12.9 Å². The third-order valence-corrected chi connectivity index (χ3v) is 6.11. The molecule has 0 unspecified atom stereocenters. The van der Waals surface area contributed by atoms with Crippen LogP contribution in [0.5, 0.6) is 17.2 Å². The van der Waals surface area contributed by atoms with E-state index in [-0.39, 0.29) is 11.2 Å². The van der Waals surface area contributed by atoms with Crippen LogP contribution < -0.4 is 14.8 Å². The average molecular weight is 394 g/mol. The van der Waals surface area contributed by atoms with Crippen molar-refractivity contribution in [1.29, 1.82) is 0 Å². The van der Waals surface area contributed by atoms with Crippen molar-refractivity contribution in [3.63, 3.8) is 0 Å². The van der Waals surface area contributed by atoms with Crippen molar-refractivity contribution < 1.29 is 14.3 Å². The van der Waals surface area contributed by atoms with E-state index >= 15 is 0 Å². The Bertz CT molecular complexity index is 868. The number of carbonyl (C=O) groups excluding carboxylic acids is 1. The summed E-state index contributed by atoms with van der Waals surface area (Å²) in [5.74, 6) is 3.05. The molecule has 1 saturated carbocycles. The maximum atomic E-state index is 12.3. The predicted octanol–water partition coefficient (Wildman–Crippen LogP) is 6.59. The first-order chi connectivity index (χ1) is 13.9. The second kappa shape index (κ2) is 9.17. The molecule has 0 heterocycles. The highest BCUT2D eigenvalue weighted by Gasteiger charge is 2.33. The highest BCUT2D eigenvalue weighted by molar-refractivity contribution is 5.96. The van der Waals surface area contributed by atoms with Crippen LogP contribution in [0.2, 0.25) is 0 Å². The molecule has 0 bridgehead atoms. The monoisotopic (exact) mass is 393 g/mol. The molecule has 3 rings (SSSR count). The van der Waals surface area contributed by atoms with E-state index in [9.17, 15) is 4.79 Å². The smallest absolute Gasteiger partial charge is 0.160 e. The van der Waals surface area contributed by atoms with E-state index in [2.05, 4.69) is 26.1 Å². The highest BCUT2D eigenvalue weighted by atomic mass is 16.5. The van der Waals surface area contributed by atoms with Gasteiger partial charge in [-0.15, -0.1) is 0 Å². The summed E-state index contributed by atoms with van der Waals surface area (Å²) < 4.78 is 11.1. The maximum absolute atomic E-state index is 12.3. The van der Waals surface area contributed by atoms with Crippen LogP contribution in [0.1, 0.15) is 46.5 Å². The molecule has 1 fully saturated rings. The second-order valence-corrected chi connectivity index (χ2v) is 8.32. The zero-order valence-corrected chi connectivity index (χ0v) is 17.8. The molecule has 0 amide bonds. The molecule has 2 aromatic rings. The fraction of sp³-hybridized carbons (Fsp3) is 0.400. The molecular formula is C25H31NO3. The fourth-order valence-corrected chi connectivity index (χ4v) is 3.63. The Balaban J connectivity index is 1.63. The Morgan fingerprint density at radius 3 is 2.52 bits per heavy atom. The number of allylic oxidation sites excluding steroid dienone is 1. The van der Waals surface area contributed by atoms with Crippen LogP contribution in [0.3, 0.4) is 0 Å². The number of ether oxygens (including phenoxy) is 2. The van der Waals surface area contributed by atoms with Gasteiger partial charge in [-0.25, -0.2) is 0 Å². The second-order valence-electron chi connectivity index (χ2n) is 8.32. The predicted molar refractivity (Wildman–Crippen MR) is 118 cm³/mol. The fourth-order valence-electron chi connectivity index (χ4n) is 3.63. The SMILES string of the molecule is CCC(C)(C)[C@@H]1CCC(=O)/C(=C/Nc2ccc(Oc3cccc(OC)c3)cc2)C1. The standard InChI is InChI=1S/C25H31NO3/c1-5-25(2,3)19-9-14-24(27)18(15-19)17-26-20-10-12-21(13-11-20)29-23-8-6-7-22(16-23)28-4/h6-8,10-13,16-17,19,26H,5,9,14-15H2,1-4H3/b18-17+/t19-/m1/s1. The van der Waals surface area contributed by atoms with Crippen molar-refractivity contribution in [1.82, 2.24) is 0 Å². The van der Waals surface area contributed by atoms with Crippen LogP contribution in [-0.2, 0) is 4.79 Å². The van der Waals surface area contributed by atoms with Gasteiger partial charge < -0.3 is 14.8 Å². The van der Waals surface area contributed by atoms with Crippen LogP contribution >= 0.6 is 0 Å². The summed E-state index contributed by atoms with van der Waals surface area (Å²) in [6, 6.07) is 15.2. The first kappa shape index (κ1) is 21.0. The van der Waals surface area contributed by atoms with Gasteiger partial charge >= 0.3 is 0 Å². The Morgan fingerprint density at radius 2 is 1.83 bits per heavy atom. The van der Waals surface area contributed by atoms with Gasteiger partial charge in [0.05, 0.1) is 7.11 Å². The number of hydrogen-bond donors (Lipinski definition) is 1. The number of hydrogen-bond acceptors (Lipinski definition) is 4. The van der Waals surface area contributed by atoms with Crippen molar-refractivity contribution in [2.45, 2.75) is 46.5 Å². The first-order valence-corrected chi connectivity index (χ1v) is 10.3. The van der Waals surface area contributed by atoms with Crippen LogP contribution in [0.25, 0.3) is 0 Å². The Kier molecular flexibility index (Phi) is 6.63. The molecule has 154 valence electrons. The minimum atomic E-state index is 0.263. The number of nitrogens with one attached hydrogen (secondary N) is 1. The van der Waals surface area contributed by atoms with E-state index in [1.54, 1.807) is 7.11 Å². The van der Waals surface area contributed by atoms with Gasteiger partial charge in [0.2, 0.25) is 0 Å². The third kappa shape index (κ3) is 5.41. The quantitative estimate of drug-likeness (QED) is 0.539. The largest absolute Gasteiger partial charge is 0.497 e. The summed E-state index contributed by atoms with van der Waals surface area (Å²) in [5.41, 5.74) is 2.10. The first-order valence-electron chi connectivity index (χ1n) is 10.3. The number of rotatable bonds is 7. The Morgan fingerprint density at radius 1 is 1.10 bits per heavy atom. The van der Waals surface area contributed by atoms with E-state index < -0.39 is 0 Å². The lowest BCUT2D eigenvalue weighted by atomic mass is 9.68. The molecule has 0 aliphatic heterocycles. The van der Waals surface area contributed by atoms with E-state index in [1.807, 2.05) is 54.7 Å². The maximum Gasteiger partial charge on any atom is 0.160 e. The normalized spacial score (nSPS) is 18.6. The molecule has 4 nitrogen and oxygen atoms in total. The van der Waals surface area contributed by atoms with Crippen LogP contribution in [0.4, 0.5) is 5.69 Å². The lowest BCUT2D eigenvalue weighted by molar-refractivity contribution is -0.117. The molecule has 0 spiro atoms. The number of ketones is 1. The van der Waals surface area contributed by atoms with Gasteiger partial charge in [-0.2, -0.15) is 0 Å². The van der Waals surface area contributed by atoms with Gasteiger partial charge in [-0.3, -0.25) is 4.79 Å². The summed E-state index contributed by atoms with van der Waals surface area (Å²) in [6.07, 6.45) is 5.51. The number of Topliss-reactive ketones (excluding diaryl/α,β-unsaturated/α-hetero) is 1. The van der Waals surface area contributed by atoms with Crippen molar-refractivity contribution in [2.75, 3.05) is 12.4 Å². The van der Waals surface area contributed by atoms with Gasteiger partial charge in [0.25, 0.3) is 0 Å². The molecule has 1 N–H and O–H groups in total. The average Bonchev–Trinajstić information content (AvgIpc) is 2.74. The van der Waals surface area contributed by atoms with E-state index in [4.69, 9.17) is 9.47 Å². The van der Waals surface area contributed by atoms with Crippen LogP contribution in [0.15, 0.2) is 60.3 Å². The number of carbonyl (C=O) groups is 1. The number of benzene rings is 2. The lowest BCUT2D eigenvalue weighted by Gasteiger charge is -2.36. The topological polar surface area (TPSA) is 47.6 Å². The van der Waals surface area contributed by atoms with E-state index in [1.165, 1.54) is 0 Å². The van der Waals surface area contributed by atoms with Crippen molar-refractivity contribution >= 4 is 11.5 Å². The molecule has 1 atom stereocenters. The van der Waals surface area contributed by atoms with Gasteiger partial charge in [-0.05, 0) is 60.6 Å². The number of methoxy groups -OCH3 is 1. The summed E-state index contributed by atoms with van der Waals surface area (Å²) >= 11 is 0. The van der Waals surface area contributed by atoms with Gasteiger partial charge in [-0.1, -0.05) is 33.3 Å². The number of anilines is 1. The molecule has 1 aliphatic rings. The molecule has 0 aromatic heterocycles. The van der Waals surface area contributed by atoms with E-state index in [0.29, 0.717) is 12.3 Å². The molecule has 0 radical (unpaired) electrons. The lowest BCUT2D eigenvalue weighted by Crippen LogP contribution is -2.29. The summed E-state index contributed by atoms with van der Waals surface area (Å²) in [7, 11) is 1.64. The van der Waals surface area contributed by atoms with Crippen molar-refractivity contribution in [2.24, 2.45) is 11.3 Å². The highest BCUT2D eigenvalue weighted by Crippen LogP contribution is 2.41. The molecule has 2 aromatic carbocycles. The zero-order valence-electron chi connectivity index (χ0n) is 17.8. The summed E-state index contributed by atoms with van der Waals surface area (Å²) in [5, 5.41) is 3.29. The Labute approximate surface area is 173 Å². The van der Waals surface area contributed by atoms with Gasteiger partial charge in [0.1, 0.15) is 17.2 Å². The molecule has 0 saturated heterocycles. The molecule has 4 heteroatoms.